The first kappa shape index (κ1) is 13.5. The Morgan fingerprint density at radius 1 is 1.16 bits per heavy atom. The summed E-state index contributed by atoms with van der Waals surface area (Å²) in [5.74, 6) is 6.16. The maximum atomic E-state index is 5.68. The van der Waals surface area contributed by atoms with Gasteiger partial charge in [-0.3, -0.25) is 5.84 Å². The minimum Gasteiger partial charge on any atom is -0.480 e. The normalized spacial score (nSPS) is 12.2. The fourth-order valence-electron chi connectivity index (χ4n) is 2.00. The van der Waals surface area contributed by atoms with Crippen molar-refractivity contribution in [2.45, 2.75) is 19.9 Å². The van der Waals surface area contributed by atoms with E-state index < -0.39 is 0 Å². The first-order valence-corrected chi connectivity index (χ1v) is 6.06. The number of hydrogen-bond acceptors (Lipinski definition) is 5. The van der Waals surface area contributed by atoms with Gasteiger partial charge in [-0.25, -0.2) is 5.43 Å². The van der Waals surface area contributed by atoms with E-state index in [1.165, 1.54) is 5.56 Å². The van der Waals surface area contributed by atoms with E-state index in [4.69, 9.17) is 10.6 Å². The van der Waals surface area contributed by atoms with Crippen molar-refractivity contribution < 1.29 is 4.74 Å². The van der Waals surface area contributed by atoms with Crippen molar-refractivity contribution in [3.05, 3.63) is 52.7 Å². The molecule has 5 heteroatoms. The number of nitrogens with zero attached hydrogens (tertiary/aromatic N) is 2. The Balaban J connectivity index is 2.40. The number of benzene rings is 1. The molecule has 0 aliphatic carbocycles. The predicted octanol–water partition coefficient (Wildman–Crippen LogP) is 1.65. The fraction of sp³-hybridized carbons (Fsp3) is 0.286. The number of hydrogen-bond donors (Lipinski definition) is 2. The van der Waals surface area contributed by atoms with Crippen LogP contribution >= 0.6 is 0 Å². The summed E-state index contributed by atoms with van der Waals surface area (Å²) in [4.78, 5) is 0. The minimum absolute atomic E-state index is 0.182. The molecule has 100 valence electrons. The molecule has 3 N–H and O–H groups in total. The zero-order valence-electron chi connectivity index (χ0n) is 11.3. The van der Waals surface area contributed by atoms with Crippen LogP contribution in [0.15, 0.2) is 30.3 Å². The second-order valence-electron chi connectivity index (χ2n) is 4.46. The molecule has 1 aromatic carbocycles. The number of aryl methyl sites for hydroxylation is 2. The highest BCUT2D eigenvalue weighted by Crippen LogP contribution is 2.24. The topological polar surface area (TPSA) is 73.1 Å². The second kappa shape index (κ2) is 5.77. The molecule has 0 amide bonds. The summed E-state index contributed by atoms with van der Waals surface area (Å²) in [7, 11) is 1.56. The molecule has 0 radical (unpaired) electrons. The monoisotopic (exact) mass is 258 g/mol. The van der Waals surface area contributed by atoms with E-state index in [9.17, 15) is 0 Å². The van der Waals surface area contributed by atoms with Crippen molar-refractivity contribution in [1.29, 1.82) is 0 Å². The maximum Gasteiger partial charge on any atom is 0.233 e. The zero-order valence-corrected chi connectivity index (χ0v) is 11.3. The van der Waals surface area contributed by atoms with Gasteiger partial charge < -0.3 is 4.74 Å². The van der Waals surface area contributed by atoms with Crippen LogP contribution in [0.2, 0.25) is 0 Å². The van der Waals surface area contributed by atoms with E-state index in [1.54, 1.807) is 13.2 Å². The molecule has 2 aromatic rings. The number of nitrogens with one attached hydrogen (secondary N) is 1. The number of nitrogens with two attached hydrogens (primary N) is 1. The predicted molar refractivity (Wildman–Crippen MR) is 73.7 cm³/mol. The second-order valence-corrected chi connectivity index (χ2v) is 4.46. The summed E-state index contributed by atoms with van der Waals surface area (Å²) >= 11 is 0. The molecule has 0 fully saturated rings. The van der Waals surface area contributed by atoms with Crippen LogP contribution in [0.5, 0.6) is 5.88 Å². The highest BCUT2D eigenvalue weighted by molar-refractivity contribution is 5.37. The van der Waals surface area contributed by atoms with Crippen LogP contribution in [0.4, 0.5) is 0 Å². The molecular weight excluding hydrogens is 240 g/mol. The Morgan fingerprint density at radius 3 is 2.53 bits per heavy atom. The third-order valence-electron chi connectivity index (χ3n) is 3.08. The molecule has 0 saturated heterocycles. The Labute approximate surface area is 112 Å². The lowest BCUT2D eigenvalue weighted by Gasteiger charge is -2.18. The molecule has 1 aromatic heterocycles. The molecule has 19 heavy (non-hydrogen) atoms. The van der Waals surface area contributed by atoms with E-state index in [1.807, 2.05) is 6.07 Å². The zero-order chi connectivity index (χ0) is 13.8. The van der Waals surface area contributed by atoms with Crippen LogP contribution in [-0.2, 0) is 0 Å². The van der Waals surface area contributed by atoms with Crippen LogP contribution in [-0.4, -0.2) is 17.3 Å². The van der Waals surface area contributed by atoms with Gasteiger partial charge >= 0.3 is 0 Å². The van der Waals surface area contributed by atoms with E-state index >= 15 is 0 Å². The first-order chi connectivity index (χ1) is 9.15. The molecule has 0 bridgehead atoms. The molecule has 0 saturated carbocycles. The number of methoxy groups -OCH3 is 1. The van der Waals surface area contributed by atoms with Gasteiger partial charge in [0.25, 0.3) is 0 Å². The average molecular weight is 258 g/mol. The summed E-state index contributed by atoms with van der Waals surface area (Å²) in [6.07, 6.45) is 0. The van der Waals surface area contributed by atoms with Gasteiger partial charge in [0.1, 0.15) is 0 Å². The lowest BCUT2D eigenvalue weighted by Crippen LogP contribution is -2.30. The van der Waals surface area contributed by atoms with Crippen molar-refractivity contribution >= 4 is 0 Å². The van der Waals surface area contributed by atoms with Crippen molar-refractivity contribution in [2.75, 3.05) is 7.11 Å². The Bertz CT molecular complexity index is 554. The maximum absolute atomic E-state index is 5.68. The third kappa shape index (κ3) is 2.89. The van der Waals surface area contributed by atoms with Gasteiger partial charge in [-0.1, -0.05) is 23.8 Å². The Morgan fingerprint density at radius 2 is 1.95 bits per heavy atom. The van der Waals surface area contributed by atoms with Crippen LogP contribution in [0.1, 0.15) is 28.4 Å². The third-order valence-corrected chi connectivity index (χ3v) is 3.08. The van der Waals surface area contributed by atoms with Crippen LogP contribution in [0.3, 0.4) is 0 Å². The molecule has 2 rings (SSSR count). The first-order valence-electron chi connectivity index (χ1n) is 6.06. The summed E-state index contributed by atoms with van der Waals surface area (Å²) in [6, 6.07) is 9.71. The van der Waals surface area contributed by atoms with Crippen LogP contribution in [0, 0.1) is 13.8 Å². The van der Waals surface area contributed by atoms with E-state index in [2.05, 4.69) is 47.7 Å². The van der Waals surface area contributed by atoms with E-state index in [0.717, 1.165) is 16.8 Å². The van der Waals surface area contributed by atoms with Crippen LogP contribution in [0.25, 0.3) is 0 Å². The van der Waals surface area contributed by atoms with Gasteiger partial charge in [0, 0.05) is 6.07 Å². The van der Waals surface area contributed by atoms with Gasteiger partial charge in [-0.15, -0.1) is 10.2 Å². The Kier molecular flexibility index (Phi) is 4.09. The summed E-state index contributed by atoms with van der Waals surface area (Å²) < 4.78 is 5.01. The molecular formula is C14H18N4O. The fourth-order valence-corrected chi connectivity index (χ4v) is 2.00. The van der Waals surface area contributed by atoms with Crippen molar-refractivity contribution in [1.82, 2.24) is 15.6 Å². The molecule has 0 spiro atoms. The van der Waals surface area contributed by atoms with Gasteiger partial charge in [0.05, 0.1) is 18.8 Å². The smallest absolute Gasteiger partial charge is 0.233 e. The molecule has 1 unspecified atom stereocenters. The molecule has 0 aliphatic heterocycles. The average Bonchev–Trinajstić information content (AvgIpc) is 2.44. The quantitative estimate of drug-likeness (QED) is 0.644. The Hall–Kier alpha value is -1.98. The van der Waals surface area contributed by atoms with Crippen molar-refractivity contribution in [3.8, 4) is 5.88 Å². The van der Waals surface area contributed by atoms with Crippen LogP contribution < -0.4 is 16.0 Å². The van der Waals surface area contributed by atoms with Gasteiger partial charge in [0.2, 0.25) is 5.88 Å². The van der Waals surface area contributed by atoms with Gasteiger partial charge in [-0.05, 0) is 31.0 Å². The highest BCUT2D eigenvalue weighted by atomic mass is 16.5. The summed E-state index contributed by atoms with van der Waals surface area (Å²) in [5, 5.41) is 8.13. The number of ether oxygens (including phenoxy) is 1. The van der Waals surface area contributed by atoms with E-state index in [-0.39, 0.29) is 6.04 Å². The highest BCUT2D eigenvalue weighted by Gasteiger charge is 2.16. The lowest BCUT2D eigenvalue weighted by molar-refractivity contribution is 0.390. The van der Waals surface area contributed by atoms with E-state index in [0.29, 0.717) is 5.88 Å². The minimum atomic E-state index is -0.182. The summed E-state index contributed by atoms with van der Waals surface area (Å²) in [6.45, 7) is 4.10. The lowest BCUT2D eigenvalue weighted by atomic mass is 9.97. The molecule has 1 atom stereocenters. The summed E-state index contributed by atoms with van der Waals surface area (Å²) in [5.41, 5.74) is 7.00. The molecule has 0 aliphatic rings. The van der Waals surface area contributed by atoms with Crippen molar-refractivity contribution in [2.24, 2.45) is 5.84 Å². The largest absolute Gasteiger partial charge is 0.480 e. The number of rotatable bonds is 4. The van der Waals surface area contributed by atoms with Gasteiger partial charge in [0.15, 0.2) is 0 Å². The van der Waals surface area contributed by atoms with Crippen molar-refractivity contribution in [3.63, 3.8) is 0 Å². The molecule has 5 nitrogen and oxygen atoms in total. The van der Waals surface area contributed by atoms with Gasteiger partial charge in [-0.2, -0.15) is 0 Å². The SMILES string of the molecule is COc1ccc(C(NN)c2cc(C)ccc2C)nn1. The molecule has 1 heterocycles. The number of aromatic nitrogens is 2. The number of hydrazine groups is 1. The standard InChI is InChI=1S/C14H18N4O/c1-9-4-5-10(2)11(8-9)14(16-15)12-6-7-13(19-3)18-17-12/h4-8,14,16H,15H2,1-3H3.